The highest BCUT2D eigenvalue weighted by Crippen LogP contribution is 2.19. The Labute approximate surface area is 291 Å². The molecule has 1 heterocycles. The molecule has 14 N–H and O–H groups in total. The number of nitrogens with zero attached hydrogens (tertiary/aromatic N) is 2. The van der Waals surface area contributed by atoms with Crippen molar-refractivity contribution >= 4 is 41.8 Å². The van der Waals surface area contributed by atoms with Gasteiger partial charge in [0.15, 0.2) is 5.96 Å². The molecule has 50 heavy (non-hydrogen) atoms. The van der Waals surface area contributed by atoms with Gasteiger partial charge in [0.25, 0.3) is 0 Å². The number of nitrogens with two attached hydrogens (primary N) is 4. The summed E-state index contributed by atoms with van der Waals surface area (Å²) < 4.78 is 0. The minimum atomic E-state index is -1.22. The van der Waals surface area contributed by atoms with E-state index >= 15 is 0 Å². The summed E-state index contributed by atoms with van der Waals surface area (Å²) in [6, 6.07) is 1.98. The van der Waals surface area contributed by atoms with Crippen molar-refractivity contribution in [1.29, 1.82) is 0 Å². The van der Waals surface area contributed by atoms with Gasteiger partial charge in [-0.2, -0.15) is 0 Å². The van der Waals surface area contributed by atoms with Crippen molar-refractivity contribution in [2.45, 2.75) is 87.6 Å². The van der Waals surface area contributed by atoms with Crippen LogP contribution in [-0.4, -0.2) is 126 Å². The lowest BCUT2D eigenvalue weighted by molar-refractivity contribution is -0.141. The van der Waals surface area contributed by atoms with Crippen LogP contribution in [-0.2, 0) is 35.2 Å². The van der Waals surface area contributed by atoms with E-state index in [4.69, 9.17) is 22.9 Å². The average Bonchev–Trinajstić information content (AvgIpc) is 3.61. The lowest BCUT2D eigenvalue weighted by Crippen LogP contribution is -2.59. The van der Waals surface area contributed by atoms with Crippen LogP contribution in [0.25, 0.3) is 0 Å². The van der Waals surface area contributed by atoms with E-state index in [1.54, 1.807) is 30.3 Å². The Bertz CT molecular complexity index is 1300. The molecular weight excluding hydrogens is 652 g/mol. The maximum absolute atomic E-state index is 13.8. The van der Waals surface area contributed by atoms with Gasteiger partial charge in [0.2, 0.25) is 29.5 Å². The third-order valence-corrected chi connectivity index (χ3v) is 8.11. The van der Waals surface area contributed by atoms with Crippen LogP contribution in [0.4, 0.5) is 0 Å². The smallest absolute Gasteiger partial charge is 0.243 e. The third kappa shape index (κ3) is 13.7. The number of hydrogen-bond acceptors (Lipinski definition) is 11. The van der Waals surface area contributed by atoms with Crippen molar-refractivity contribution in [1.82, 2.24) is 26.2 Å². The monoisotopic (exact) mass is 704 g/mol. The molecule has 1 aliphatic heterocycles. The topological polar surface area (TPSA) is 311 Å². The Hall–Kier alpha value is -4.65. The van der Waals surface area contributed by atoms with Gasteiger partial charge >= 0.3 is 0 Å². The van der Waals surface area contributed by atoms with Crippen LogP contribution in [0.1, 0.15) is 50.5 Å². The number of amides is 5. The van der Waals surface area contributed by atoms with Gasteiger partial charge in [-0.15, -0.1) is 0 Å². The Morgan fingerprint density at radius 2 is 1.50 bits per heavy atom. The van der Waals surface area contributed by atoms with Gasteiger partial charge in [0.1, 0.15) is 42.5 Å². The number of aldehydes is 1. The van der Waals surface area contributed by atoms with Crippen molar-refractivity contribution in [2.24, 2.45) is 27.9 Å². The number of rotatable bonds is 22. The lowest BCUT2D eigenvalue weighted by Gasteiger charge is -2.29. The summed E-state index contributed by atoms with van der Waals surface area (Å²) in [7, 11) is 0. The van der Waals surface area contributed by atoms with E-state index in [1.807, 2.05) is 0 Å². The number of unbranched alkanes of at least 4 members (excludes halogenated alkanes) is 1. The fourth-order valence-electron chi connectivity index (χ4n) is 5.41. The minimum absolute atomic E-state index is 0.0156. The van der Waals surface area contributed by atoms with E-state index < -0.39 is 79.0 Å². The number of aliphatic imine (C=N–C) groups is 1. The molecule has 5 amide bonds. The Balaban J connectivity index is 2.32. The fraction of sp³-hybridized carbons (Fsp3) is 0.594. The van der Waals surface area contributed by atoms with Crippen LogP contribution >= 0.6 is 0 Å². The number of aliphatic hydroxyl groups is 2. The highest BCUT2D eigenvalue weighted by atomic mass is 16.3. The van der Waals surface area contributed by atoms with E-state index in [0.717, 1.165) is 0 Å². The summed E-state index contributed by atoms with van der Waals surface area (Å²) in [6.45, 7) is -0.492. The predicted molar refractivity (Wildman–Crippen MR) is 184 cm³/mol. The van der Waals surface area contributed by atoms with E-state index in [2.05, 4.69) is 26.3 Å². The second-order valence-corrected chi connectivity index (χ2v) is 12.0. The van der Waals surface area contributed by atoms with Gasteiger partial charge in [-0.1, -0.05) is 30.3 Å². The van der Waals surface area contributed by atoms with Crippen LogP contribution < -0.4 is 44.2 Å². The first kappa shape index (κ1) is 41.5. The van der Waals surface area contributed by atoms with E-state index in [9.17, 15) is 39.0 Å². The molecular formula is C32H52N10O8. The van der Waals surface area contributed by atoms with E-state index in [-0.39, 0.29) is 44.7 Å². The summed E-state index contributed by atoms with van der Waals surface area (Å²) in [4.78, 5) is 83.3. The molecule has 18 nitrogen and oxygen atoms in total. The zero-order valence-electron chi connectivity index (χ0n) is 28.2. The Morgan fingerprint density at radius 3 is 2.12 bits per heavy atom. The second kappa shape index (κ2) is 22.1. The van der Waals surface area contributed by atoms with Gasteiger partial charge in [-0.25, -0.2) is 0 Å². The van der Waals surface area contributed by atoms with Crippen molar-refractivity contribution in [2.75, 3.05) is 32.8 Å². The van der Waals surface area contributed by atoms with Crippen molar-refractivity contribution in [3.8, 4) is 0 Å². The molecule has 0 aliphatic carbocycles. The largest absolute Gasteiger partial charge is 0.394 e. The molecule has 0 saturated carbocycles. The first-order chi connectivity index (χ1) is 23.9. The number of carbonyl (C=O) groups excluding carboxylic acids is 6. The van der Waals surface area contributed by atoms with Crippen molar-refractivity contribution in [3.05, 3.63) is 35.9 Å². The zero-order valence-corrected chi connectivity index (χ0v) is 28.2. The number of benzene rings is 1. The summed E-state index contributed by atoms with van der Waals surface area (Å²) in [5.41, 5.74) is 22.8. The predicted octanol–water partition coefficient (Wildman–Crippen LogP) is -4.15. The maximum Gasteiger partial charge on any atom is 0.243 e. The third-order valence-electron chi connectivity index (χ3n) is 8.11. The molecule has 18 heteroatoms. The number of guanidine groups is 1. The lowest BCUT2D eigenvalue weighted by atomic mass is 10.0. The maximum atomic E-state index is 13.8. The molecule has 1 aromatic rings. The highest BCUT2D eigenvalue weighted by molar-refractivity contribution is 5.96. The van der Waals surface area contributed by atoms with Gasteiger partial charge in [0, 0.05) is 19.5 Å². The van der Waals surface area contributed by atoms with Crippen molar-refractivity contribution < 1.29 is 39.0 Å². The summed E-state index contributed by atoms with van der Waals surface area (Å²) in [5, 5.41) is 29.2. The van der Waals surface area contributed by atoms with Crippen LogP contribution in [0.5, 0.6) is 0 Å². The first-order valence-corrected chi connectivity index (χ1v) is 16.7. The number of nitrogens with one attached hydrogen (secondary N) is 4. The minimum Gasteiger partial charge on any atom is -0.394 e. The summed E-state index contributed by atoms with van der Waals surface area (Å²) in [6.07, 6.45) is 2.74. The number of hydrogen-bond donors (Lipinski definition) is 10. The molecule has 1 aliphatic rings. The molecule has 1 saturated heterocycles. The first-order valence-electron chi connectivity index (χ1n) is 16.7. The average molecular weight is 705 g/mol. The van der Waals surface area contributed by atoms with E-state index in [0.29, 0.717) is 44.1 Å². The van der Waals surface area contributed by atoms with Gasteiger partial charge in [-0.05, 0) is 57.1 Å². The molecule has 278 valence electrons. The Kier molecular flexibility index (Phi) is 18.4. The molecule has 1 fully saturated rings. The van der Waals surface area contributed by atoms with Crippen LogP contribution in [0.15, 0.2) is 35.3 Å². The molecule has 0 spiro atoms. The van der Waals surface area contributed by atoms with Crippen molar-refractivity contribution in [3.63, 3.8) is 0 Å². The van der Waals surface area contributed by atoms with Gasteiger partial charge in [0.05, 0.1) is 13.2 Å². The van der Waals surface area contributed by atoms with Crippen LogP contribution in [0.2, 0.25) is 0 Å². The molecule has 0 bridgehead atoms. The molecule has 0 unspecified atom stereocenters. The Morgan fingerprint density at radius 1 is 0.880 bits per heavy atom. The van der Waals surface area contributed by atoms with Gasteiger partial charge in [-0.3, -0.25) is 29.0 Å². The summed E-state index contributed by atoms with van der Waals surface area (Å²) in [5.74, 6) is -3.47. The highest BCUT2D eigenvalue weighted by Gasteiger charge is 2.38. The quantitative estimate of drug-likeness (QED) is 0.0238. The van der Waals surface area contributed by atoms with Crippen LogP contribution in [0.3, 0.4) is 0 Å². The molecule has 2 rings (SSSR count). The standard InChI is InChI=1S/C32H52N10O8/c33-13-5-4-10-23(40-30(49)26-12-7-15-42(26)31(50)22(34)19-45)28(47)41-25(16-20-8-2-1-3-9-20)29(48)39-24(11-6-14-37-32(35)36)27(46)38-21(17-43)18-44/h1-3,8-9,17,21-26,44-45H,4-7,10-16,18-19,33-34H2,(H,38,46)(H,39,48)(H,40,49)(H,41,47)(H4,35,36,37)/t21-,22+,23+,24+,25+,26+/m1/s1. The number of aliphatic hydroxyl groups excluding tert-OH is 2. The SMILES string of the molecule is NCCCC[C@H](NC(=O)[C@@H]1CCCN1C(=O)[C@@H](N)CO)C(=O)N[C@@H](Cc1ccccc1)C(=O)N[C@@H](CCCN=C(N)N)C(=O)N[C@H](C=O)CO. The number of likely N-dealkylation sites (tertiary alicyclic amines) is 1. The molecule has 0 aromatic heterocycles. The number of carbonyl (C=O) groups is 6. The molecule has 0 radical (unpaired) electrons. The normalized spacial score (nSPS) is 17.0. The van der Waals surface area contributed by atoms with Crippen LogP contribution in [0, 0.1) is 0 Å². The molecule has 1 aromatic carbocycles. The second-order valence-electron chi connectivity index (χ2n) is 12.0. The molecule has 6 atom stereocenters. The van der Waals surface area contributed by atoms with Gasteiger partial charge < -0.3 is 64.1 Å². The zero-order chi connectivity index (χ0) is 37.1. The fourth-order valence-corrected chi connectivity index (χ4v) is 5.41. The van der Waals surface area contributed by atoms with E-state index in [1.165, 1.54) is 4.90 Å². The summed E-state index contributed by atoms with van der Waals surface area (Å²) >= 11 is 0.